The Bertz CT molecular complexity index is 608. The first-order chi connectivity index (χ1) is 10.8. The van der Waals surface area contributed by atoms with E-state index < -0.39 is 0 Å². The van der Waals surface area contributed by atoms with Gasteiger partial charge in [0.15, 0.2) is 0 Å². The van der Waals surface area contributed by atoms with Crippen LogP contribution in [0.1, 0.15) is 36.0 Å². The Morgan fingerprint density at radius 1 is 1.36 bits per heavy atom. The molecule has 2 atom stereocenters. The highest BCUT2D eigenvalue weighted by Gasteiger charge is 2.25. The summed E-state index contributed by atoms with van der Waals surface area (Å²) < 4.78 is 1.80. The quantitative estimate of drug-likeness (QED) is 0.896. The minimum absolute atomic E-state index is 0.0740. The molecular weight excluding hydrogens is 278 g/mol. The van der Waals surface area contributed by atoms with Gasteiger partial charge in [-0.25, -0.2) is 9.97 Å². The van der Waals surface area contributed by atoms with Gasteiger partial charge in [0.25, 0.3) is 5.91 Å². The Morgan fingerprint density at radius 3 is 2.91 bits per heavy atom. The number of nitrogens with two attached hydrogens (primary N) is 1. The average Bonchev–Trinajstić information content (AvgIpc) is 3.10. The second-order valence-corrected chi connectivity index (χ2v) is 5.74. The van der Waals surface area contributed by atoms with Crippen molar-refractivity contribution >= 4 is 5.91 Å². The summed E-state index contributed by atoms with van der Waals surface area (Å²) in [5.41, 5.74) is 6.38. The summed E-state index contributed by atoms with van der Waals surface area (Å²) >= 11 is 0. The minimum Gasteiger partial charge on any atom is -0.349 e. The van der Waals surface area contributed by atoms with Gasteiger partial charge in [0.2, 0.25) is 0 Å². The number of carbonyl (C=O) groups excluding carboxylic acids is 1. The molecular formula is C16H21N5O. The lowest BCUT2D eigenvalue weighted by molar-refractivity contribution is 0.0907. The molecule has 1 saturated carbocycles. The Hall–Kier alpha value is -2.21. The number of nitrogens with one attached hydrogen (secondary N) is 1. The molecule has 2 heterocycles. The maximum atomic E-state index is 12.4. The third kappa shape index (κ3) is 3.17. The van der Waals surface area contributed by atoms with Crippen LogP contribution in [0.15, 0.2) is 37.1 Å². The van der Waals surface area contributed by atoms with Crippen molar-refractivity contribution in [1.82, 2.24) is 19.9 Å². The van der Waals surface area contributed by atoms with E-state index in [9.17, 15) is 4.79 Å². The molecule has 2 aromatic heterocycles. The third-order valence-electron chi connectivity index (χ3n) is 4.31. The number of rotatable bonds is 4. The lowest BCUT2D eigenvalue weighted by atomic mass is 9.84. The van der Waals surface area contributed by atoms with E-state index in [0.29, 0.717) is 18.0 Å². The Balaban J connectivity index is 1.67. The van der Waals surface area contributed by atoms with E-state index in [1.165, 1.54) is 6.42 Å². The third-order valence-corrected chi connectivity index (χ3v) is 4.31. The zero-order valence-corrected chi connectivity index (χ0v) is 12.5. The van der Waals surface area contributed by atoms with Gasteiger partial charge in [0.05, 0.1) is 5.56 Å². The zero-order chi connectivity index (χ0) is 15.4. The van der Waals surface area contributed by atoms with Crippen LogP contribution in [-0.2, 0) is 0 Å². The van der Waals surface area contributed by atoms with Gasteiger partial charge in [-0.15, -0.1) is 0 Å². The summed E-state index contributed by atoms with van der Waals surface area (Å²) in [4.78, 5) is 20.7. The fourth-order valence-corrected chi connectivity index (χ4v) is 3.00. The predicted molar refractivity (Wildman–Crippen MR) is 83.6 cm³/mol. The van der Waals surface area contributed by atoms with Crippen molar-refractivity contribution in [2.24, 2.45) is 11.7 Å². The number of imidazole rings is 1. The molecule has 1 amide bonds. The van der Waals surface area contributed by atoms with E-state index in [1.54, 1.807) is 29.4 Å². The Labute approximate surface area is 129 Å². The van der Waals surface area contributed by atoms with Crippen LogP contribution in [0.5, 0.6) is 0 Å². The lowest BCUT2D eigenvalue weighted by Gasteiger charge is -2.31. The van der Waals surface area contributed by atoms with Crippen molar-refractivity contribution in [2.75, 3.05) is 6.54 Å². The second kappa shape index (κ2) is 6.70. The number of amides is 1. The van der Waals surface area contributed by atoms with Crippen molar-refractivity contribution in [1.29, 1.82) is 0 Å². The van der Waals surface area contributed by atoms with E-state index in [4.69, 9.17) is 5.73 Å². The molecule has 1 aliphatic rings. The summed E-state index contributed by atoms with van der Waals surface area (Å²) in [6.45, 7) is 0.628. The molecule has 1 fully saturated rings. The predicted octanol–water partition coefficient (Wildman–Crippen LogP) is 1.51. The minimum atomic E-state index is -0.0740. The summed E-state index contributed by atoms with van der Waals surface area (Å²) in [6.07, 6.45) is 11.2. The molecule has 116 valence electrons. The number of carbonyl (C=O) groups is 1. The second-order valence-electron chi connectivity index (χ2n) is 5.74. The monoisotopic (exact) mass is 299 g/mol. The topological polar surface area (TPSA) is 85.8 Å². The molecule has 6 nitrogen and oxygen atoms in total. The molecule has 0 radical (unpaired) electrons. The summed E-state index contributed by atoms with van der Waals surface area (Å²) in [5, 5.41) is 3.11. The van der Waals surface area contributed by atoms with Crippen LogP contribution in [0.25, 0.3) is 5.82 Å². The summed E-state index contributed by atoms with van der Waals surface area (Å²) in [7, 11) is 0. The average molecular weight is 299 g/mol. The first-order valence-corrected chi connectivity index (χ1v) is 7.73. The van der Waals surface area contributed by atoms with Crippen molar-refractivity contribution in [3.8, 4) is 5.82 Å². The van der Waals surface area contributed by atoms with Crippen molar-refractivity contribution < 1.29 is 4.79 Å². The fourth-order valence-electron chi connectivity index (χ4n) is 3.00. The summed E-state index contributed by atoms with van der Waals surface area (Å²) in [6, 6.07) is 3.79. The maximum absolute atomic E-state index is 12.4. The number of aromatic nitrogens is 3. The molecule has 0 bridgehead atoms. The molecule has 0 spiro atoms. The highest BCUT2D eigenvalue weighted by molar-refractivity contribution is 5.94. The van der Waals surface area contributed by atoms with Gasteiger partial charge in [0.1, 0.15) is 12.1 Å². The van der Waals surface area contributed by atoms with E-state index in [1.807, 2.05) is 12.3 Å². The highest BCUT2D eigenvalue weighted by atomic mass is 16.1. The first-order valence-electron chi connectivity index (χ1n) is 7.73. The van der Waals surface area contributed by atoms with Crippen LogP contribution in [0.3, 0.4) is 0 Å². The van der Waals surface area contributed by atoms with Gasteiger partial charge >= 0.3 is 0 Å². The highest BCUT2D eigenvalue weighted by Crippen LogP contribution is 2.23. The molecule has 2 unspecified atom stereocenters. The SMILES string of the molecule is NCC1CCCCC1NC(=O)c1ccc(-n2ccnc2)nc1. The van der Waals surface area contributed by atoms with Crippen LogP contribution < -0.4 is 11.1 Å². The van der Waals surface area contributed by atoms with Crippen LogP contribution in [0.2, 0.25) is 0 Å². The largest absolute Gasteiger partial charge is 0.349 e. The van der Waals surface area contributed by atoms with Crippen LogP contribution in [-0.4, -0.2) is 33.0 Å². The number of hydrogen-bond acceptors (Lipinski definition) is 4. The maximum Gasteiger partial charge on any atom is 0.253 e. The van der Waals surface area contributed by atoms with Gasteiger partial charge in [-0.2, -0.15) is 0 Å². The standard InChI is InChI=1S/C16H21N5O/c17-9-12-3-1-2-4-14(12)20-16(22)13-5-6-15(19-10-13)21-8-7-18-11-21/h5-8,10-12,14H,1-4,9,17H2,(H,20,22). The normalized spacial score (nSPS) is 21.5. The molecule has 2 aromatic rings. The van der Waals surface area contributed by atoms with Gasteiger partial charge < -0.3 is 11.1 Å². The fraction of sp³-hybridized carbons (Fsp3) is 0.438. The van der Waals surface area contributed by atoms with Crippen molar-refractivity contribution in [2.45, 2.75) is 31.7 Å². The molecule has 0 aromatic carbocycles. The molecule has 3 N–H and O–H groups in total. The van der Waals surface area contributed by atoms with Gasteiger partial charge in [-0.05, 0) is 37.4 Å². The van der Waals surface area contributed by atoms with Gasteiger partial charge in [-0.1, -0.05) is 12.8 Å². The van der Waals surface area contributed by atoms with Crippen molar-refractivity contribution in [3.63, 3.8) is 0 Å². The van der Waals surface area contributed by atoms with E-state index >= 15 is 0 Å². The molecule has 3 rings (SSSR count). The molecule has 0 aliphatic heterocycles. The molecule has 1 aliphatic carbocycles. The number of nitrogens with zero attached hydrogens (tertiary/aromatic N) is 3. The van der Waals surface area contributed by atoms with E-state index in [-0.39, 0.29) is 11.9 Å². The molecule has 22 heavy (non-hydrogen) atoms. The van der Waals surface area contributed by atoms with Gasteiger partial charge in [-0.3, -0.25) is 9.36 Å². The van der Waals surface area contributed by atoms with Crippen LogP contribution in [0, 0.1) is 5.92 Å². The molecule has 0 saturated heterocycles. The summed E-state index contributed by atoms with van der Waals surface area (Å²) in [5.74, 6) is 1.05. The van der Waals surface area contributed by atoms with Crippen LogP contribution in [0.4, 0.5) is 0 Å². The van der Waals surface area contributed by atoms with Crippen molar-refractivity contribution in [3.05, 3.63) is 42.6 Å². The zero-order valence-electron chi connectivity index (χ0n) is 12.5. The van der Waals surface area contributed by atoms with Gasteiger partial charge in [0, 0.05) is 24.6 Å². The lowest BCUT2D eigenvalue weighted by Crippen LogP contribution is -2.44. The van der Waals surface area contributed by atoms with E-state index in [2.05, 4.69) is 15.3 Å². The number of pyridine rings is 1. The molecule has 6 heteroatoms. The first kappa shape index (κ1) is 14.7. The Kier molecular flexibility index (Phi) is 4.48. The smallest absolute Gasteiger partial charge is 0.253 e. The van der Waals surface area contributed by atoms with Crippen LogP contribution >= 0.6 is 0 Å². The Morgan fingerprint density at radius 2 is 2.23 bits per heavy atom. The van der Waals surface area contributed by atoms with E-state index in [0.717, 1.165) is 25.1 Å². The number of hydrogen-bond donors (Lipinski definition) is 2.